The van der Waals surface area contributed by atoms with Crippen molar-refractivity contribution in [3.8, 4) is 17.3 Å². The first-order valence-corrected chi connectivity index (χ1v) is 12.2. The summed E-state index contributed by atoms with van der Waals surface area (Å²) in [5.74, 6) is 1.40. The van der Waals surface area contributed by atoms with Gasteiger partial charge in [0.1, 0.15) is 5.75 Å². The highest BCUT2D eigenvalue weighted by atomic mass is 35.5. The summed E-state index contributed by atoms with van der Waals surface area (Å²) in [6, 6.07) is 17.8. The quantitative estimate of drug-likeness (QED) is 0.397. The lowest BCUT2D eigenvalue weighted by Crippen LogP contribution is -2.38. The fourth-order valence-corrected chi connectivity index (χ4v) is 4.05. The van der Waals surface area contributed by atoms with Crippen molar-refractivity contribution < 1.29 is 14.6 Å². The number of ether oxygens (including phenoxy) is 2. The van der Waals surface area contributed by atoms with Crippen LogP contribution in [0.3, 0.4) is 0 Å². The molecular weight excluding hydrogens is 450 g/mol. The standard InChI is InChI=1S/C27H34ClN3O3/c1-19-25(17-30(21-13-14-21)16-23(32)18-33-27(2,3)4)26(34-24-11-6-5-7-12-24)31(29-19)22-10-8-9-20(28)15-22/h5-12,15,21,23,32H,13-14,16-18H2,1-4H3/t23-/m1/s1. The Morgan fingerprint density at radius 2 is 1.88 bits per heavy atom. The van der Waals surface area contributed by atoms with Crippen LogP contribution in [0.2, 0.25) is 5.02 Å². The summed E-state index contributed by atoms with van der Waals surface area (Å²) in [6.45, 7) is 9.47. The molecule has 0 bridgehead atoms. The maximum atomic E-state index is 10.7. The van der Waals surface area contributed by atoms with Crippen molar-refractivity contribution in [3.05, 3.63) is 70.9 Å². The van der Waals surface area contributed by atoms with Crippen molar-refractivity contribution in [2.75, 3.05) is 13.2 Å². The van der Waals surface area contributed by atoms with Crippen LogP contribution in [0.5, 0.6) is 11.6 Å². The lowest BCUT2D eigenvalue weighted by Gasteiger charge is -2.27. The third-order valence-electron chi connectivity index (χ3n) is 5.73. The van der Waals surface area contributed by atoms with Crippen LogP contribution in [-0.2, 0) is 11.3 Å². The summed E-state index contributed by atoms with van der Waals surface area (Å²) >= 11 is 6.28. The van der Waals surface area contributed by atoms with E-state index in [4.69, 9.17) is 26.2 Å². The van der Waals surface area contributed by atoms with Crippen LogP contribution >= 0.6 is 11.6 Å². The topological polar surface area (TPSA) is 59.8 Å². The first-order chi connectivity index (χ1) is 16.2. The van der Waals surface area contributed by atoms with Crippen molar-refractivity contribution in [3.63, 3.8) is 0 Å². The molecule has 1 aliphatic rings. The Bertz CT molecular complexity index is 1090. The first kappa shape index (κ1) is 24.7. The van der Waals surface area contributed by atoms with Crippen LogP contribution in [0.4, 0.5) is 0 Å². The number of hydrogen-bond acceptors (Lipinski definition) is 5. The maximum Gasteiger partial charge on any atom is 0.227 e. The second kappa shape index (κ2) is 10.5. The van der Waals surface area contributed by atoms with E-state index < -0.39 is 6.10 Å². The fraction of sp³-hybridized carbons (Fsp3) is 0.444. The third kappa shape index (κ3) is 6.60. The molecule has 0 unspecified atom stereocenters. The summed E-state index contributed by atoms with van der Waals surface area (Å²) in [7, 11) is 0. The molecule has 0 radical (unpaired) electrons. The number of aliphatic hydroxyl groups excluding tert-OH is 1. The number of nitrogens with zero attached hydrogens (tertiary/aromatic N) is 3. The number of halogens is 1. The molecule has 182 valence electrons. The Hall–Kier alpha value is -2.38. The predicted molar refractivity (Wildman–Crippen MR) is 135 cm³/mol. The van der Waals surface area contributed by atoms with E-state index in [0.717, 1.165) is 35.5 Å². The molecule has 34 heavy (non-hydrogen) atoms. The molecule has 1 heterocycles. The van der Waals surface area contributed by atoms with Crippen LogP contribution in [-0.4, -0.2) is 50.7 Å². The molecule has 0 saturated heterocycles. The monoisotopic (exact) mass is 483 g/mol. The zero-order valence-electron chi connectivity index (χ0n) is 20.4. The van der Waals surface area contributed by atoms with Gasteiger partial charge in [0.05, 0.1) is 35.3 Å². The zero-order chi connectivity index (χ0) is 24.3. The average molecular weight is 484 g/mol. The minimum Gasteiger partial charge on any atom is -0.439 e. The van der Waals surface area contributed by atoms with Gasteiger partial charge in [-0.25, -0.2) is 4.68 Å². The highest BCUT2D eigenvalue weighted by Crippen LogP contribution is 2.35. The maximum absolute atomic E-state index is 10.7. The van der Waals surface area contributed by atoms with Crippen molar-refractivity contribution in [2.45, 2.75) is 64.8 Å². The molecule has 0 amide bonds. The highest BCUT2D eigenvalue weighted by molar-refractivity contribution is 6.30. The van der Waals surface area contributed by atoms with Crippen LogP contribution < -0.4 is 4.74 Å². The molecule has 6 nitrogen and oxygen atoms in total. The first-order valence-electron chi connectivity index (χ1n) is 11.8. The number of benzene rings is 2. The van der Waals surface area contributed by atoms with E-state index in [1.807, 2.05) is 87.0 Å². The van der Waals surface area contributed by atoms with E-state index >= 15 is 0 Å². The molecule has 1 aromatic heterocycles. The lowest BCUT2D eigenvalue weighted by molar-refractivity contribution is -0.0573. The second-order valence-electron chi connectivity index (χ2n) is 9.91. The average Bonchev–Trinajstić information content (AvgIpc) is 3.59. The molecule has 1 saturated carbocycles. The largest absolute Gasteiger partial charge is 0.439 e. The number of para-hydroxylation sites is 1. The molecule has 0 spiro atoms. The molecule has 7 heteroatoms. The summed E-state index contributed by atoms with van der Waals surface area (Å²) in [6.07, 6.45) is 1.69. The minimum absolute atomic E-state index is 0.281. The van der Waals surface area contributed by atoms with E-state index in [9.17, 15) is 5.11 Å². The Morgan fingerprint density at radius 3 is 2.53 bits per heavy atom. The van der Waals surface area contributed by atoms with Gasteiger partial charge in [-0.1, -0.05) is 35.9 Å². The van der Waals surface area contributed by atoms with Crippen LogP contribution in [0.25, 0.3) is 5.69 Å². The van der Waals surface area contributed by atoms with E-state index in [1.165, 1.54) is 0 Å². The number of aromatic nitrogens is 2. The molecule has 4 rings (SSSR count). The number of aryl methyl sites for hydroxylation is 1. The van der Waals surface area contributed by atoms with Gasteiger partial charge in [0.2, 0.25) is 5.88 Å². The van der Waals surface area contributed by atoms with Crippen molar-refractivity contribution >= 4 is 11.6 Å². The summed E-state index contributed by atoms with van der Waals surface area (Å²) < 4.78 is 14.0. The molecule has 2 aromatic carbocycles. The molecule has 0 aliphatic heterocycles. The van der Waals surface area contributed by atoms with Crippen LogP contribution in [0.15, 0.2) is 54.6 Å². The van der Waals surface area contributed by atoms with Gasteiger partial charge in [0.25, 0.3) is 0 Å². The van der Waals surface area contributed by atoms with Gasteiger partial charge < -0.3 is 14.6 Å². The molecule has 1 aliphatic carbocycles. The van der Waals surface area contributed by atoms with E-state index in [-0.39, 0.29) is 5.60 Å². The van der Waals surface area contributed by atoms with Gasteiger partial charge in [-0.2, -0.15) is 5.10 Å². The number of hydrogen-bond donors (Lipinski definition) is 1. The van der Waals surface area contributed by atoms with Gasteiger partial charge in [-0.15, -0.1) is 0 Å². The van der Waals surface area contributed by atoms with Crippen molar-refractivity contribution in [1.82, 2.24) is 14.7 Å². The SMILES string of the molecule is Cc1nn(-c2cccc(Cl)c2)c(Oc2ccccc2)c1CN(C[C@@H](O)COC(C)(C)C)C1CC1. The van der Waals surface area contributed by atoms with Crippen LogP contribution in [0.1, 0.15) is 44.9 Å². The van der Waals surface area contributed by atoms with Crippen molar-refractivity contribution in [2.24, 2.45) is 0 Å². The van der Waals surface area contributed by atoms with Gasteiger partial charge in [0.15, 0.2) is 0 Å². The molecule has 1 fully saturated rings. The number of rotatable bonds is 10. The highest BCUT2D eigenvalue weighted by Gasteiger charge is 2.33. The fourth-order valence-electron chi connectivity index (χ4n) is 3.86. The van der Waals surface area contributed by atoms with E-state index in [2.05, 4.69) is 4.90 Å². The minimum atomic E-state index is -0.568. The molecule has 1 atom stereocenters. The van der Waals surface area contributed by atoms with E-state index in [1.54, 1.807) is 0 Å². The summed E-state index contributed by atoms with van der Waals surface area (Å²) in [4.78, 5) is 2.32. The summed E-state index contributed by atoms with van der Waals surface area (Å²) in [5, 5.41) is 16.1. The van der Waals surface area contributed by atoms with Gasteiger partial charge >= 0.3 is 0 Å². The van der Waals surface area contributed by atoms with Gasteiger partial charge in [-0.05, 0) is 70.9 Å². The Labute approximate surface area is 207 Å². The van der Waals surface area contributed by atoms with E-state index in [0.29, 0.717) is 36.6 Å². The van der Waals surface area contributed by atoms with Gasteiger partial charge in [-0.3, -0.25) is 4.90 Å². The molecule has 3 aromatic rings. The Morgan fingerprint density at radius 1 is 1.15 bits per heavy atom. The lowest BCUT2D eigenvalue weighted by atomic mass is 10.2. The summed E-state index contributed by atoms with van der Waals surface area (Å²) in [5.41, 5.74) is 2.44. The number of aliphatic hydroxyl groups is 1. The Kier molecular flexibility index (Phi) is 7.63. The predicted octanol–water partition coefficient (Wildman–Crippen LogP) is 5.77. The van der Waals surface area contributed by atoms with Crippen molar-refractivity contribution in [1.29, 1.82) is 0 Å². The zero-order valence-corrected chi connectivity index (χ0v) is 21.1. The van der Waals surface area contributed by atoms with Gasteiger partial charge in [0, 0.05) is 24.2 Å². The normalized spacial score (nSPS) is 15.0. The smallest absolute Gasteiger partial charge is 0.227 e. The van der Waals surface area contributed by atoms with Crippen LogP contribution in [0, 0.1) is 6.92 Å². The molecule has 1 N–H and O–H groups in total. The second-order valence-corrected chi connectivity index (χ2v) is 10.4. The third-order valence-corrected chi connectivity index (χ3v) is 5.96. The Balaban J connectivity index is 1.63. The molecular formula is C27H34ClN3O3.